The second kappa shape index (κ2) is 3.98. The molecular weight excluding hydrogens is 247 g/mol. The van der Waals surface area contributed by atoms with Gasteiger partial charge in [-0.1, -0.05) is 41.9 Å². The molecule has 0 heterocycles. The van der Waals surface area contributed by atoms with Crippen molar-refractivity contribution in [3.63, 3.8) is 0 Å². The van der Waals surface area contributed by atoms with E-state index < -0.39 is 7.14 Å². The van der Waals surface area contributed by atoms with Crippen LogP contribution in [-0.2, 0) is 4.57 Å². The summed E-state index contributed by atoms with van der Waals surface area (Å²) in [6, 6.07) is 7.75. The Morgan fingerprint density at radius 1 is 1.23 bits per heavy atom. The van der Waals surface area contributed by atoms with Gasteiger partial charge in [0.05, 0.1) is 0 Å². The highest BCUT2D eigenvalue weighted by Crippen LogP contribution is 2.45. The third-order valence-electron chi connectivity index (χ3n) is 2.32. The third kappa shape index (κ3) is 2.45. The molecule has 1 atom stereocenters. The van der Waals surface area contributed by atoms with Crippen molar-refractivity contribution < 1.29 is 4.57 Å². The number of rotatable bonds is 2. The summed E-state index contributed by atoms with van der Waals surface area (Å²) in [5.74, 6) is 0. The van der Waals surface area contributed by atoms with Crippen molar-refractivity contribution in [2.45, 2.75) is 19.5 Å². The van der Waals surface area contributed by atoms with Crippen LogP contribution < -0.4 is 5.30 Å². The van der Waals surface area contributed by atoms with Crippen molar-refractivity contribution >= 4 is 28.4 Å². The highest BCUT2D eigenvalue weighted by molar-refractivity contribution is 9.10. The van der Waals surface area contributed by atoms with Crippen molar-refractivity contribution in [2.75, 3.05) is 6.66 Å². The van der Waals surface area contributed by atoms with Crippen LogP contribution in [0.2, 0.25) is 0 Å². The quantitative estimate of drug-likeness (QED) is 0.745. The predicted octanol–water partition coefficient (Wildman–Crippen LogP) is 3.48. The molecular formula is C10H14BrOP. The van der Waals surface area contributed by atoms with E-state index in [4.69, 9.17) is 0 Å². The molecule has 0 aliphatic rings. The molecule has 1 unspecified atom stereocenters. The first kappa shape index (κ1) is 11.0. The first-order valence-corrected chi connectivity index (χ1v) is 7.29. The molecule has 1 rings (SSSR count). The van der Waals surface area contributed by atoms with Gasteiger partial charge in [0.15, 0.2) is 0 Å². The lowest BCUT2D eigenvalue weighted by Gasteiger charge is -2.17. The highest BCUT2D eigenvalue weighted by Gasteiger charge is 2.21. The van der Waals surface area contributed by atoms with Crippen molar-refractivity contribution in [3.8, 4) is 0 Å². The molecule has 1 aromatic carbocycles. The highest BCUT2D eigenvalue weighted by atomic mass is 79.9. The van der Waals surface area contributed by atoms with E-state index in [1.54, 1.807) is 0 Å². The minimum absolute atomic E-state index is 0.216. The van der Waals surface area contributed by atoms with Gasteiger partial charge >= 0.3 is 0 Å². The van der Waals surface area contributed by atoms with Crippen LogP contribution in [0.25, 0.3) is 0 Å². The summed E-state index contributed by atoms with van der Waals surface area (Å²) in [7, 11) is -2.16. The van der Waals surface area contributed by atoms with Gasteiger partial charge in [-0.15, -0.1) is 0 Å². The zero-order valence-corrected chi connectivity index (χ0v) is 10.6. The van der Waals surface area contributed by atoms with Gasteiger partial charge in [0.25, 0.3) is 0 Å². The molecule has 0 fully saturated rings. The van der Waals surface area contributed by atoms with Gasteiger partial charge in [0.2, 0.25) is 0 Å². The molecule has 1 nitrogen and oxygen atoms in total. The van der Waals surface area contributed by atoms with E-state index in [1.165, 1.54) is 0 Å². The fraction of sp³-hybridized carbons (Fsp3) is 0.400. The zero-order chi connectivity index (χ0) is 10.1. The summed E-state index contributed by atoms with van der Waals surface area (Å²) in [6.07, 6.45) is 0. The first-order chi connectivity index (χ1) is 5.94. The summed E-state index contributed by atoms with van der Waals surface area (Å²) < 4.78 is 13.2. The number of hydrogen-bond acceptors (Lipinski definition) is 1. The molecule has 0 aromatic heterocycles. The monoisotopic (exact) mass is 260 g/mol. The van der Waals surface area contributed by atoms with Crippen molar-refractivity contribution in [2.24, 2.45) is 0 Å². The molecule has 3 heteroatoms. The van der Waals surface area contributed by atoms with Crippen LogP contribution in [0.4, 0.5) is 0 Å². The van der Waals surface area contributed by atoms with Gasteiger partial charge in [-0.3, -0.25) is 0 Å². The van der Waals surface area contributed by atoms with Crippen molar-refractivity contribution in [1.82, 2.24) is 0 Å². The van der Waals surface area contributed by atoms with E-state index in [9.17, 15) is 4.57 Å². The Kier molecular flexibility index (Phi) is 3.37. The van der Waals surface area contributed by atoms with Crippen LogP contribution >= 0.6 is 23.1 Å². The summed E-state index contributed by atoms with van der Waals surface area (Å²) >= 11 is 3.36. The van der Waals surface area contributed by atoms with Gasteiger partial charge in [-0.2, -0.15) is 0 Å². The number of benzene rings is 1. The average Bonchev–Trinajstić information content (AvgIpc) is 2.04. The first-order valence-electron chi connectivity index (χ1n) is 4.28. The average molecular weight is 261 g/mol. The Balaban J connectivity index is 3.09. The Bertz CT molecular complexity index is 329. The van der Waals surface area contributed by atoms with E-state index >= 15 is 0 Å². The lowest BCUT2D eigenvalue weighted by atomic mass is 10.4. The minimum Gasteiger partial charge on any atom is -0.319 e. The summed E-state index contributed by atoms with van der Waals surface area (Å²) in [4.78, 5) is 0. The molecule has 1 aromatic rings. The molecule has 13 heavy (non-hydrogen) atoms. The summed E-state index contributed by atoms with van der Waals surface area (Å²) in [5.41, 5.74) is 0.216. The maximum absolute atomic E-state index is 12.2. The molecule has 0 N–H and O–H groups in total. The zero-order valence-electron chi connectivity index (χ0n) is 8.12. The van der Waals surface area contributed by atoms with Crippen LogP contribution in [0.5, 0.6) is 0 Å². The smallest absolute Gasteiger partial charge is 0.115 e. The molecule has 0 bridgehead atoms. The lowest BCUT2D eigenvalue weighted by molar-refractivity contribution is 0.579. The Hall–Kier alpha value is -0.0700. The normalized spacial score (nSPS) is 15.8. The van der Waals surface area contributed by atoms with Crippen LogP contribution in [0.1, 0.15) is 13.8 Å². The fourth-order valence-corrected chi connectivity index (χ4v) is 2.64. The molecule has 0 amide bonds. The Labute approximate surface area is 88.0 Å². The van der Waals surface area contributed by atoms with E-state index in [0.29, 0.717) is 0 Å². The van der Waals surface area contributed by atoms with Gasteiger partial charge in [-0.25, -0.2) is 0 Å². The van der Waals surface area contributed by atoms with E-state index in [2.05, 4.69) is 15.9 Å². The number of hydrogen-bond donors (Lipinski definition) is 0. The second-order valence-electron chi connectivity index (χ2n) is 3.56. The third-order valence-corrected chi connectivity index (χ3v) is 6.15. The van der Waals surface area contributed by atoms with Gasteiger partial charge in [0, 0.05) is 15.4 Å². The van der Waals surface area contributed by atoms with Crippen LogP contribution in [0.15, 0.2) is 28.7 Å². The van der Waals surface area contributed by atoms with E-state index in [0.717, 1.165) is 9.78 Å². The Morgan fingerprint density at radius 3 is 2.08 bits per heavy atom. The molecule has 0 aliphatic carbocycles. The predicted molar refractivity (Wildman–Crippen MR) is 62.4 cm³/mol. The maximum atomic E-state index is 12.2. The fourth-order valence-electron chi connectivity index (χ4n) is 1.04. The van der Waals surface area contributed by atoms with Gasteiger partial charge < -0.3 is 4.57 Å². The summed E-state index contributed by atoms with van der Waals surface area (Å²) in [5, 5.41) is 0.964. The maximum Gasteiger partial charge on any atom is 0.115 e. The molecule has 0 saturated carbocycles. The summed E-state index contributed by atoms with van der Waals surface area (Å²) in [6.45, 7) is 5.85. The van der Waals surface area contributed by atoms with Crippen molar-refractivity contribution in [1.29, 1.82) is 0 Å². The topological polar surface area (TPSA) is 17.1 Å². The molecule has 72 valence electrons. The molecule has 0 spiro atoms. The second-order valence-corrected chi connectivity index (χ2v) is 8.01. The van der Waals surface area contributed by atoms with Crippen LogP contribution in [0, 0.1) is 0 Å². The minimum atomic E-state index is -2.16. The largest absolute Gasteiger partial charge is 0.319 e. The Morgan fingerprint density at radius 2 is 1.69 bits per heavy atom. The van der Waals surface area contributed by atoms with Crippen LogP contribution in [-0.4, -0.2) is 12.3 Å². The van der Waals surface area contributed by atoms with E-state index in [1.807, 2.05) is 44.8 Å². The molecule has 0 aliphatic heterocycles. The molecule has 0 radical (unpaired) electrons. The van der Waals surface area contributed by atoms with Crippen LogP contribution in [0.3, 0.4) is 0 Å². The lowest BCUT2D eigenvalue weighted by Crippen LogP contribution is -2.10. The SMILES string of the molecule is CC(C)P(C)(=O)c1ccc(Br)cc1. The number of halogens is 1. The molecule has 0 saturated heterocycles. The standard InChI is InChI=1S/C10H14BrOP/c1-8(2)13(3,12)10-6-4-9(11)5-7-10/h4-8H,1-3H3. The van der Waals surface area contributed by atoms with E-state index in [-0.39, 0.29) is 5.66 Å². The van der Waals surface area contributed by atoms with Gasteiger partial charge in [0.1, 0.15) is 7.14 Å². The van der Waals surface area contributed by atoms with Gasteiger partial charge in [-0.05, 0) is 18.8 Å². The van der Waals surface area contributed by atoms with Crippen molar-refractivity contribution in [3.05, 3.63) is 28.7 Å².